The van der Waals surface area contributed by atoms with E-state index in [0.29, 0.717) is 0 Å². The van der Waals surface area contributed by atoms with E-state index >= 15 is 0 Å². The van der Waals surface area contributed by atoms with Gasteiger partial charge in [-0.3, -0.25) is 0 Å². The predicted molar refractivity (Wildman–Crippen MR) is 185 cm³/mol. The number of alkyl halides is 2. The molecule has 0 spiro atoms. The number of hydrogen-bond acceptors (Lipinski definition) is 4. The van der Waals surface area contributed by atoms with Crippen LogP contribution in [0.25, 0.3) is 0 Å². The topological polar surface area (TPSA) is 80.3 Å². The standard InChI is InChI=1S/2C18H35ClO2.Ba/c2*19-17-15-13-11-9-7-5-3-1-2-4-6-8-10-12-14-16-18(20)21;/h2*1-17H2,(H,20,21);/q;;+2/p-2. The van der Waals surface area contributed by atoms with Crippen LogP contribution < -0.4 is 10.2 Å². The Morgan fingerprint density at radius 2 is 0.442 bits per heavy atom. The number of rotatable bonds is 34. The Balaban J connectivity index is -0.000000727. The molecular formula is C36H68BaCl2O4. The van der Waals surface area contributed by atoms with Crippen molar-refractivity contribution >= 4 is 84.0 Å². The molecule has 0 aliphatic heterocycles. The molecular weight excluding hydrogens is 705 g/mol. The van der Waals surface area contributed by atoms with Crippen LogP contribution in [0.2, 0.25) is 0 Å². The minimum absolute atomic E-state index is 0. The fraction of sp³-hybridized carbons (Fsp3) is 0.944. The molecule has 0 atom stereocenters. The van der Waals surface area contributed by atoms with Crippen LogP contribution in [0.15, 0.2) is 0 Å². The van der Waals surface area contributed by atoms with E-state index in [1.54, 1.807) is 0 Å². The van der Waals surface area contributed by atoms with Crippen molar-refractivity contribution in [2.75, 3.05) is 11.8 Å². The molecule has 0 amide bonds. The SMILES string of the molecule is O=C([O-])CCCCCCCCCCCCCCCCCCl.O=C([O-])CCCCCCCCCCCCCCCCCCl.[Ba+2]. The summed E-state index contributed by atoms with van der Waals surface area (Å²) >= 11 is 11.3. The van der Waals surface area contributed by atoms with E-state index in [0.717, 1.165) is 37.4 Å². The first-order chi connectivity index (χ1) is 20.5. The van der Waals surface area contributed by atoms with Gasteiger partial charge in [0.1, 0.15) is 0 Å². The van der Waals surface area contributed by atoms with Gasteiger partial charge in [-0.1, -0.05) is 167 Å². The number of carboxylic acids is 2. The van der Waals surface area contributed by atoms with Crippen LogP contribution >= 0.6 is 23.2 Å². The largest absolute Gasteiger partial charge is 2.00 e. The summed E-state index contributed by atoms with van der Waals surface area (Å²) in [4.78, 5) is 20.5. The molecule has 0 aromatic rings. The molecule has 43 heavy (non-hydrogen) atoms. The Hall–Kier alpha value is 1.09. The van der Waals surface area contributed by atoms with Gasteiger partial charge in [-0.2, -0.15) is 0 Å². The zero-order chi connectivity index (χ0) is 31.2. The van der Waals surface area contributed by atoms with E-state index in [1.807, 2.05) is 0 Å². The molecule has 0 unspecified atom stereocenters. The molecule has 7 heteroatoms. The van der Waals surface area contributed by atoms with Crippen molar-refractivity contribution in [3.63, 3.8) is 0 Å². The van der Waals surface area contributed by atoms with E-state index in [9.17, 15) is 19.8 Å². The molecule has 0 heterocycles. The summed E-state index contributed by atoms with van der Waals surface area (Å²) < 4.78 is 0. The maximum atomic E-state index is 10.2. The first-order valence-electron chi connectivity index (χ1n) is 18.1. The van der Waals surface area contributed by atoms with Gasteiger partial charge in [0, 0.05) is 23.7 Å². The molecule has 0 saturated heterocycles. The van der Waals surface area contributed by atoms with Gasteiger partial charge in [-0.25, -0.2) is 0 Å². The molecule has 0 aromatic carbocycles. The molecule has 0 fully saturated rings. The fourth-order valence-corrected chi connectivity index (χ4v) is 5.70. The van der Waals surface area contributed by atoms with Gasteiger partial charge in [0.15, 0.2) is 0 Å². The molecule has 252 valence electrons. The third-order valence-electron chi connectivity index (χ3n) is 8.03. The molecule has 0 radical (unpaired) electrons. The monoisotopic (exact) mass is 772 g/mol. The summed E-state index contributed by atoms with van der Waals surface area (Å²) in [6, 6.07) is 0. The smallest absolute Gasteiger partial charge is 0.550 e. The predicted octanol–water partition coefficient (Wildman–Crippen LogP) is 10.1. The zero-order valence-corrected chi connectivity index (χ0v) is 34.1. The average molecular weight is 773 g/mol. The van der Waals surface area contributed by atoms with Crippen molar-refractivity contribution in [1.82, 2.24) is 0 Å². The Morgan fingerprint density at radius 3 is 0.581 bits per heavy atom. The van der Waals surface area contributed by atoms with Gasteiger partial charge in [0.25, 0.3) is 0 Å². The summed E-state index contributed by atoms with van der Waals surface area (Å²) in [6.07, 6.45) is 38.5. The van der Waals surface area contributed by atoms with Crippen molar-refractivity contribution in [2.24, 2.45) is 0 Å². The van der Waals surface area contributed by atoms with Crippen molar-refractivity contribution in [2.45, 2.75) is 205 Å². The summed E-state index contributed by atoms with van der Waals surface area (Å²) in [5.41, 5.74) is 0. The number of carbonyl (C=O) groups excluding carboxylic acids is 2. The second-order valence-corrected chi connectivity index (χ2v) is 13.0. The van der Waals surface area contributed by atoms with E-state index in [1.165, 1.54) is 167 Å². The van der Waals surface area contributed by atoms with Gasteiger partial charge < -0.3 is 19.8 Å². The van der Waals surface area contributed by atoms with Crippen LogP contribution in [0.3, 0.4) is 0 Å². The minimum Gasteiger partial charge on any atom is -0.550 e. The third kappa shape index (κ3) is 52.9. The van der Waals surface area contributed by atoms with Crippen LogP contribution in [0.5, 0.6) is 0 Å². The molecule has 0 aliphatic rings. The van der Waals surface area contributed by atoms with E-state index in [4.69, 9.17) is 23.2 Å². The summed E-state index contributed by atoms with van der Waals surface area (Å²) in [5, 5.41) is 20.5. The molecule has 0 bridgehead atoms. The quantitative estimate of drug-likeness (QED) is 0.0371. The second kappa shape index (κ2) is 45.2. The van der Waals surface area contributed by atoms with Crippen LogP contribution in [-0.2, 0) is 9.59 Å². The summed E-state index contributed by atoms with van der Waals surface area (Å²) in [6.45, 7) is 0. The third-order valence-corrected chi connectivity index (χ3v) is 8.56. The van der Waals surface area contributed by atoms with Gasteiger partial charge >= 0.3 is 48.9 Å². The zero-order valence-electron chi connectivity index (χ0n) is 28.1. The summed E-state index contributed by atoms with van der Waals surface area (Å²) in [5.74, 6) is -0.184. The van der Waals surface area contributed by atoms with E-state index in [2.05, 4.69) is 0 Å². The van der Waals surface area contributed by atoms with E-state index in [-0.39, 0.29) is 61.7 Å². The normalized spacial score (nSPS) is 10.7. The van der Waals surface area contributed by atoms with Crippen molar-refractivity contribution in [3.05, 3.63) is 0 Å². The number of unbranched alkanes of at least 4 members (excludes halogenated alkanes) is 28. The Morgan fingerprint density at radius 1 is 0.302 bits per heavy atom. The first-order valence-corrected chi connectivity index (χ1v) is 19.1. The molecule has 0 saturated carbocycles. The molecule has 4 nitrogen and oxygen atoms in total. The molecule has 0 aliphatic carbocycles. The van der Waals surface area contributed by atoms with Crippen molar-refractivity contribution in [1.29, 1.82) is 0 Å². The summed E-state index contributed by atoms with van der Waals surface area (Å²) in [7, 11) is 0. The Bertz CT molecular complexity index is 491. The van der Waals surface area contributed by atoms with Crippen molar-refractivity contribution < 1.29 is 19.8 Å². The Labute approximate surface area is 318 Å². The fourth-order valence-electron chi connectivity index (χ4n) is 5.32. The average Bonchev–Trinajstić information content (AvgIpc) is 2.97. The van der Waals surface area contributed by atoms with Crippen LogP contribution in [0.4, 0.5) is 0 Å². The van der Waals surface area contributed by atoms with Crippen molar-refractivity contribution in [3.8, 4) is 0 Å². The molecule has 0 rings (SSSR count). The van der Waals surface area contributed by atoms with Crippen LogP contribution in [0, 0.1) is 0 Å². The minimum atomic E-state index is -0.908. The maximum Gasteiger partial charge on any atom is 2.00 e. The molecule has 0 aromatic heterocycles. The number of carboxylic acid groups (broad SMARTS) is 2. The maximum absolute atomic E-state index is 10.2. The van der Waals surface area contributed by atoms with Gasteiger partial charge in [-0.05, 0) is 38.5 Å². The van der Waals surface area contributed by atoms with Crippen LogP contribution in [0.1, 0.15) is 205 Å². The number of hydrogen-bond donors (Lipinski definition) is 0. The van der Waals surface area contributed by atoms with E-state index < -0.39 is 11.9 Å². The van der Waals surface area contributed by atoms with Gasteiger partial charge in [0.05, 0.1) is 0 Å². The first kappa shape index (κ1) is 48.5. The van der Waals surface area contributed by atoms with Crippen LogP contribution in [-0.4, -0.2) is 72.6 Å². The number of aliphatic carboxylic acids is 2. The number of halogens is 2. The number of carbonyl (C=O) groups is 2. The molecule has 0 N–H and O–H groups in total. The second-order valence-electron chi connectivity index (χ2n) is 12.2. The van der Waals surface area contributed by atoms with Gasteiger partial charge in [-0.15, -0.1) is 23.2 Å². The Kier molecular flexibility index (Phi) is 51.0. The van der Waals surface area contributed by atoms with Gasteiger partial charge in [0.2, 0.25) is 0 Å².